The molecule has 1 unspecified atom stereocenters. The van der Waals surface area contributed by atoms with Crippen LogP contribution in [0.3, 0.4) is 0 Å². The van der Waals surface area contributed by atoms with Crippen LogP contribution < -0.4 is 9.77 Å². The van der Waals surface area contributed by atoms with Crippen molar-refractivity contribution in [3.05, 3.63) is 54.6 Å². The number of rotatable bonds is 1. The van der Waals surface area contributed by atoms with Crippen molar-refractivity contribution in [2.75, 3.05) is 0 Å². The Morgan fingerprint density at radius 2 is 1.60 bits per heavy atom. The second-order valence-corrected chi connectivity index (χ2v) is 12.6. The molecule has 3 heteroatoms. The van der Waals surface area contributed by atoms with Gasteiger partial charge in [0.1, 0.15) is 0 Å². The molecule has 74 valence electrons. The zero-order chi connectivity index (χ0) is 10.1. The summed E-state index contributed by atoms with van der Waals surface area (Å²) in [6, 6.07) is 19.8. The van der Waals surface area contributed by atoms with Crippen LogP contribution in [0.15, 0.2) is 59.5 Å². The van der Waals surface area contributed by atoms with Crippen molar-refractivity contribution in [2.24, 2.45) is 0 Å². The van der Waals surface area contributed by atoms with Crippen molar-refractivity contribution < 1.29 is 0 Å². The minimum absolute atomic E-state index is 0.0121. The van der Waals surface area contributed by atoms with Gasteiger partial charge in [-0.3, -0.25) is 0 Å². The number of hydrogen-bond donors (Lipinski definition) is 0. The number of benzene rings is 2. The van der Waals surface area contributed by atoms with E-state index in [0.29, 0.717) is 14.5 Å². The van der Waals surface area contributed by atoms with E-state index in [1.165, 1.54) is 10.2 Å². The van der Waals surface area contributed by atoms with Gasteiger partial charge in [-0.25, -0.2) is 0 Å². The summed E-state index contributed by atoms with van der Waals surface area (Å²) in [6.07, 6.45) is 0. The molecule has 0 spiro atoms. The summed E-state index contributed by atoms with van der Waals surface area (Å²) < 4.78 is 1.59. The summed E-state index contributed by atoms with van der Waals surface area (Å²) in [4.78, 5) is 1.51. The van der Waals surface area contributed by atoms with Gasteiger partial charge < -0.3 is 0 Å². The fourth-order valence-corrected chi connectivity index (χ4v) is 13.3. The van der Waals surface area contributed by atoms with Gasteiger partial charge in [0.15, 0.2) is 0 Å². The molecule has 1 aliphatic heterocycles. The van der Waals surface area contributed by atoms with Gasteiger partial charge in [-0.2, -0.15) is 0 Å². The van der Waals surface area contributed by atoms with E-state index in [2.05, 4.69) is 66.0 Å². The van der Waals surface area contributed by atoms with Crippen LogP contribution in [0, 0.1) is 0 Å². The van der Waals surface area contributed by atoms with E-state index in [0.717, 1.165) is 0 Å². The van der Waals surface area contributed by atoms with Gasteiger partial charge in [-0.15, -0.1) is 0 Å². The first-order valence-electron chi connectivity index (χ1n) is 4.74. The zero-order valence-electron chi connectivity index (χ0n) is 7.96. The Balaban J connectivity index is 1.91. The molecule has 0 fully saturated rings. The first-order valence-corrected chi connectivity index (χ1v) is 10.6. The normalized spacial score (nSPS) is 18.8. The van der Waals surface area contributed by atoms with Crippen LogP contribution in [0.2, 0.25) is 0 Å². The van der Waals surface area contributed by atoms with E-state index in [4.69, 9.17) is 0 Å². The average Bonchev–Trinajstić information content (AvgIpc) is 2.74. The molecular weight excluding hydrogens is 286 g/mol. The van der Waals surface area contributed by atoms with Crippen molar-refractivity contribution >= 4 is 41.5 Å². The molecule has 0 saturated heterocycles. The van der Waals surface area contributed by atoms with Crippen molar-refractivity contribution in [1.82, 2.24) is 0 Å². The maximum absolute atomic E-state index is 2.29. The molecule has 0 nitrogen and oxygen atoms in total. The van der Waals surface area contributed by atoms with Gasteiger partial charge in [0.05, 0.1) is 0 Å². The van der Waals surface area contributed by atoms with Crippen LogP contribution in [-0.2, 0) is 0 Å². The molecule has 3 rings (SSSR count). The van der Waals surface area contributed by atoms with E-state index in [-0.39, 0.29) is 5.81 Å². The molecule has 15 heavy (non-hydrogen) atoms. The zero-order valence-corrected chi connectivity index (χ0v) is 11.4. The second kappa shape index (κ2) is 4.31. The standard InChI is InChI=1S/C12H9PSSe/c1-2-6-10(7-3-1)13-14-11-8-4-5-9-12(11)15-13/h1-9H. The van der Waals surface area contributed by atoms with Gasteiger partial charge in [0.2, 0.25) is 0 Å². The predicted octanol–water partition coefficient (Wildman–Crippen LogP) is 2.76. The van der Waals surface area contributed by atoms with Crippen LogP contribution in [-0.4, -0.2) is 14.5 Å². The molecule has 0 radical (unpaired) electrons. The molecule has 0 aromatic heterocycles. The van der Waals surface area contributed by atoms with Crippen LogP contribution >= 0.6 is 17.2 Å². The first-order chi connectivity index (χ1) is 7.43. The van der Waals surface area contributed by atoms with E-state index >= 15 is 0 Å². The summed E-state index contributed by atoms with van der Waals surface area (Å²) in [5.41, 5.74) is 0. The van der Waals surface area contributed by atoms with Crippen molar-refractivity contribution in [3.63, 3.8) is 0 Å². The summed E-state index contributed by atoms with van der Waals surface area (Å²) in [5.74, 6) is 0.0121. The Labute approximate surface area is 101 Å². The molecule has 0 aliphatic carbocycles. The van der Waals surface area contributed by atoms with Gasteiger partial charge >= 0.3 is 101 Å². The Morgan fingerprint density at radius 3 is 2.40 bits per heavy atom. The van der Waals surface area contributed by atoms with E-state index in [1.54, 1.807) is 4.46 Å². The van der Waals surface area contributed by atoms with Gasteiger partial charge in [-0.05, 0) is 0 Å². The fourth-order valence-electron chi connectivity index (χ4n) is 1.45. The van der Waals surface area contributed by atoms with E-state index in [9.17, 15) is 0 Å². The Morgan fingerprint density at radius 1 is 0.867 bits per heavy atom. The summed E-state index contributed by atoms with van der Waals surface area (Å²) in [6.45, 7) is 0. The first kappa shape index (κ1) is 9.93. The Bertz CT molecular complexity index is 447. The fraction of sp³-hybridized carbons (Fsp3) is 0. The van der Waals surface area contributed by atoms with Gasteiger partial charge in [0.25, 0.3) is 0 Å². The van der Waals surface area contributed by atoms with E-state index < -0.39 is 0 Å². The van der Waals surface area contributed by atoms with Crippen molar-refractivity contribution in [2.45, 2.75) is 4.90 Å². The van der Waals surface area contributed by atoms with Crippen molar-refractivity contribution in [3.8, 4) is 0 Å². The Kier molecular flexibility index (Phi) is 2.85. The third-order valence-corrected chi connectivity index (χ3v) is 12.9. The quantitative estimate of drug-likeness (QED) is 0.576. The molecule has 1 heterocycles. The van der Waals surface area contributed by atoms with Crippen LogP contribution in [0.5, 0.6) is 0 Å². The SMILES string of the molecule is c1ccc(P2Sc3ccccc3[Se]2)cc1. The summed E-state index contributed by atoms with van der Waals surface area (Å²) in [7, 11) is 0. The maximum atomic E-state index is 2.29. The van der Waals surface area contributed by atoms with Gasteiger partial charge in [-0.1, -0.05) is 0 Å². The van der Waals surface area contributed by atoms with Gasteiger partial charge in [0, 0.05) is 0 Å². The number of hydrogen-bond acceptors (Lipinski definition) is 1. The molecule has 0 bridgehead atoms. The van der Waals surface area contributed by atoms with E-state index in [1.807, 2.05) is 0 Å². The third kappa shape index (κ3) is 2.00. The van der Waals surface area contributed by atoms with Crippen LogP contribution in [0.4, 0.5) is 0 Å². The topological polar surface area (TPSA) is 0 Å². The monoisotopic (exact) mass is 296 g/mol. The molecule has 0 amide bonds. The molecule has 1 atom stereocenters. The second-order valence-electron chi connectivity index (χ2n) is 3.22. The molecule has 0 N–H and O–H groups in total. The van der Waals surface area contributed by atoms with Crippen LogP contribution in [0.25, 0.3) is 0 Å². The molecule has 0 saturated carbocycles. The molecular formula is C12H9PSSe. The summed E-state index contributed by atoms with van der Waals surface area (Å²) >= 11 is 2.73. The van der Waals surface area contributed by atoms with Crippen LogP contribution in [0.1, 0.15) is 0 Å². The summed E-state index contributed by atoms with van der Waals surface area (Å²) in [5, 5.41) is 1.54. The molecule has 2 aromatic carbocycles. The number of fused-ring (bicyclic) bond motifs is 1. The van der Waals surface area contributed by atoms with Crippen molar-refractivity contribution in [1.29, 1.82) is 0 Å². The third-order valence-electron chi connectivity index (χ3n) is 2.18. The Hall–Kier alpha value is -0.261. The average molecular weight is 295 g/mol. The molecule has 1 aliphatic rings. The molecule has 2 aromatic rings. The minimum atomic E-state index is 0.0121. The predicted molar refractivity (Wildman–Crippen MR) is 70.7 cm³/mol.